The zero-order valence-corrected chi connectivity index (χ0v) is 33.8. The summed E-state index contributed by atoms with van der Waals surface area (Å²) < 4.78 is 54.0. The summed E-state index contributed by atoms with van der Waals surface area (Å²) in [5, 5.41) is 66.7. The monoisotopic (exact) mass is 747 g/mol. The molecule has 3 saturated carbocycles. The summed E-state index contributed by atoms with van der Waals surface area (Å²) in [6.07, 6.45) is 2.54. The van der Waals surface area contributed by atoms with Crippen LogP contribution in [0.1, 0.15) is 64.2 Å². The van der Waals surface area contributed by atoms with E-state index in [1.165, 1.54) is 0 Å². The van der Waals surface area contributed by atoms with Gasteiger partial charge in [-0.25, -0.2) is 8.42 Å². The molecule has 4 rings (SSSR count). The Labute approximate surface area is 331 Å². The van der Waals surface area contributed by atoms with Crippen LogP contribution in [0.2, 0.25) is 0 Å². The van der Waals surface area contributed by atoms with E-state index in [0.29, 0.717) is 56.5 Å². The number of ether oxygens (including phenoxy) is 3. The predicted octanol–water partition coefficient (Wildman–Crippen LogP) is -7.81. The maximum absolute atomic E-state index is 11.3. The van der Waals surface area contributed by atoms with Gasteiger partial charge in [-0.05, 0) is 70.1 Å². The molecule has 16 nitrogen and oxygen atoms in total. The first-order valence-electron chi connectivity index (χ1n) is 16.2. The molecule has 1 saturated heterocycles. The van der Waals surface area contributed by atoms with Gasteiger partial charge in [-0.15, -0.1) is 0 Å². The van der Waals surface area contributed by atoms with Crippen LogP contribution < -0.4 is 80.3 Å². The van der Waals surface area contributed by atoms with Crippen molar-refractivity contribution in [2.75, 3.05) is 31.8 Å². The fourth-order valence-electron chi connectivity index (χ4n) is 7.45. The molecule has 4 fully saturated rings. The largest absolute Gasteiger partial charge is 1.00 e. The minimum atomic E-state index is -4.57. The molecule has 0 spiro atoms. The molecule has 48 heavy (non-hydrogen) atoms. The van der Waals surface area contributed by atoms with Crippen molar-refractivity contribution in [1.29, 1.82) is 0 Å². The van der Waals surface area contributed by atoms with Gasteiger partial charge in [0, 0.05) is 31.0 Å². The Morgan fingerprint density at radius 2 is 1.25 bits per heavy atom. The third kappa shape index (κ3) is 14.9. The average Bonchev–Trinajstić information content (AvgIpc) is 3.02. The molecule has 11 atom stereocenters. The van der Waals surface area contributed by atoms with Crippen molar-refractivity contribution >= 4 is 22.2 Å². The van der Waals surface area contributed by atoms with E-state index in [0.717, 1.165) is 25.7 Å². The van der Waals surface area contributed by atoms with E-state index in [4.69, 9.17) is 14.2 Å². The van der Waals surface area contributed by atoms with Crippen LogP contribution in [0, 0.1) is 17.8 Å². The molecule has 0 aromatic rings. The Morgan fingerprint density at radius 3 is 1.71 bits per heavy atom. The molecule has 0 radical (unpaired) electrons. The van der Waals surface area contributed by atoms with Crippen LogP contribution in [-0.4, -0.2) is 126 Å². The minimum Gasteiger partial charge on any atom is -0.748 e. The van der Waals surface area contributed by atoms with E-state index in [1.54, 1.807) is 7.11 Å². The maximum atomic E-state index is 11.3. The van der Waals surface area contributed by atoms with Crippen LogP contribution in [0.4, 0.5) is 0 Å². The molecule has 1 aliphatic heterocycles. The Hall–Kier alpha value is 1.74. The molecule has 0 aromatic carbocycles. The van der Waals surface area contributed by atoms with Gasteiger partial charge < -0.3 is 44.4 Å². The fraction of sp³-hybridized carbons (Fsp3) is 1.00. The van der Waals surface area contributed by atoms with Gasteiger partial charge in [0.05, 0.1) is 96.1 Å². The second-order valence-electron chi connectivity index (χ2n) is 13.2. The molecule has 11 unspecified atom stereocenters. The third-order valence-electron chi connectivity index (χ3n) is 9.88. The molecular weight excluding hydrogens is 696 g/mol. The number of rotatable bonds is 16. The Balaban J connectivity index is 0.00000400. The van der Waals surface area contributed by atoms with Crippen molar-refractivity contribution in [3.63, 3.8) is 0 Å². The van der Waals surface area contributed by atoms with Gasteiger partial charge in [0.15, 0.2) is 0 Å². The Kier molecular flexibility index (Phi) is 21.8. The first-order chi connectivity index (χ1) is 22.0. The van der Waals surface area contributed by atoms with Gasteiger partial charge in [-0.2, -0.15) is 4.33 Å². The number of nitrogens with one attached hydrogen (secondary N) is 3. The van der Waals surface area contributed by atoms with Gasteiger partial charge in [0.1, 0.15) is 0 Å². The summed E-state index contributed by atoms with van der Waals surface area (Å²) >= 11 is 0.689. The number of aliphatic hydroxyl groups is 4. The van der Waals surface area contributed by atoms with Crippen LogP contribution >= 0.6 is 12.0 Å². The molecular formula is C28H51N3Na2O13S2. The van der Waals surface area contributed by atoms with E-state index in [1.807, 2.05) is 0 Å². The first-order valence-corrected chi connectivity index (χ1v) is 18.7. The first kappa shape index (κ1) is 45.9. The van der Waals surface area contributed by atoms with Crippen LogP contribution in [0.5, 0.6) is 0 Å². The third-order valence-corrected chi connectivity index (χ3v) is 11.3. The van der Waals surface area contributed by atoms with Gasteiger partial charge in [0.2, 0.25) is 0 Å². The Morgan fingerprint density at radius 1 is 0.771 bits per heavy atom. The number of hydrogen-bond donors (Lipinski definition) is 7. The van der Waals surface area contributed by atoms with E-state index in [9.17, 15) is 38.7 Å². The average molecular weight is 748 g/mol. The molecule has 270 valence electrons. The number of methoxy groups -OCH3 is 1. The van der Waals surface area contributed by atoms with E-state index >= 15 is 0 Å². The molecule has 0 bridgehead atoms. The normalized spacial score (nSPS) is 37.5. The predicted molar refractivity (Wildman–Crippen MR) is 161 cm³/mol. The SMILES string of the molecule is COC1CCC(C2NC(C3CCC(OCC(O)CSOO[O-])CC3O)NC(C3CCC(OCC(O)CS(=O)(=O)[O-])CC3O)N2)CC1.[Na+].[Na+]. The summed E-state index contributed by atoms with van der Waals surface area (Å²) in [4.78, 5) is 0. The van der Waals surface area contributed by atoms with Crippen LogP contribution in [0.3, 0.4) is 0 Å². The molecule has 20 heteroatoms. The summed E-state index contributed by atoms with van der Waals surface area (Å²) in [6.45, 7) is -0.259. The van der Waals surface area contributed by atoms with Crippen molar-refractivity contribution in [2.45, 2.75) is 125 Å². The van der Waals surface area contributed by atoms with Crippen molar-refractivity contribution in [2.24, 2.45) is 17.8 Å². The van der Waals surface area contributed by atoms with Crippen LogP contribution in [0.15, 0.2) is 0 Å². The number of hydrogen-bond acceptors (Lipinski definition) is 17. The second kappa shape index (κ2) is 22.8. The Bertz CT molecular complexity index is 1010. The van der Waals surface area contributed by atoms with Gasteiger partial charge >= 0.3 is 59.1 Å². The molecule has 7 N–H and O–H groups in total. The van der Waals surface area contributed by atoms with E-state index in [-0.39, 0.29) is 127 Å². The zero-order chi connectivity index (χ0) is 33.3. The van der Waals surface area contributed by atoms with Gasteiger partial charge in [0.25, 0.3) is 0 Å². The van der Waals surface area contributed by atoms with Gasteiger partial charge in [-0.1, -0.05) is 0 Å². The summed E-state index contributed by atoms with van der Waals surface area (Å²) in [6, 6.07) is 0. The van der Waals surface area contributed by atoms with E-state index < -0.39 is 40.3 Å². The van der Waals surface area contributed by atoms with E-state index in [2.05, 4.69) is 25.3 Å². The van der Waals surface area contributed by atoms with Gasteiger partial charge in [-0.3, -0.25) is 21.0 Å². The van der Waals surface area contributed by atoms with Crippen LogP contribution in [0.25, 0.3) is 0 Å². The molecule has 0 amide bonds. The number of aliphatic hydroxyl groups excluding tert-OH is 4. The summed E-state index contributed by atoms with van der Waals surface area (Å²) in [5.74, 6) is -0.770. The van der Waals surface area contributed by atoms with Crippen molar-refractivity contribution in [3.8, 4) is 0 Å². The quantitative estimate of drug-likeness (QED) is 0.0194. The standard InChI is InChI=1S/C28H53N3O13S2.2Na/c1-40-19-4-2-16(3-5-19)26-29-27(22-8-6-20(10-24(22)34)41-12-17(32)14-45-44-43-36)31-28(30-26)23-9-7-21(11-25(23)35)42-13-18(33)15-46(37,38)39;;/h16-36H,2-15H2,1H3,(H,37,38,39);;/q;2*+1/p-2. The fourth-order valence-corrected chi connectivity index (χ4v) is 8.36. The smallest absolute Gasteiger partial charge is 0.748 e. The minimum absolute atomic E-state index is 0. The van der Waals surface area contributed by atoms with Crippen molar-refractivity contribution in [1.82, 2.24) is 16.0 Å². The van der Waals surface area contributed by atoms with Crippen molar-refractivity contribution < 1.29 is 121 Å². The summed E-state index contributed by atoms with van der Waals surface area (Å²) in [7, 11) is -2.83. The maximum Gasteiger partial charge on any atom is 1.00 e. The molecule has 0 aromatic heterocycles. The van der Waals surface area contributed by atoms with Crippen LogP contribution in [-0.2, 0) is 33.7 Å². The zero-order valence-electron chi connectivity index (χ0n) is 28.2. The topological polar surface area (TPSA) is 243 Å². The van der Waals surface area contributed by atoms with Crippen molar-refractivity contribution in [3.05, 3.63) is 0 Å². The molecule has 1 heterocycles. The second-order valence-corrected chi connectivity index (χ2v) is 15.3. The molecule has 3 aliphatic carbocycles. The molecule has 4 aliphatic rings. The summed E-state index contributed by atoms with van der Waals surface area (Å²) in [5.41, 5.74) is 0.